The fourth-order valence-corrected chi connectivity index (χ4v) is 3.96. The predicted molar refractivity (Wildman–Crippen MR) is 121 cm³/mol. The predicted octanol–water partition coefficient (Wildman–Crippen LogP) is 5.19. The summed E-state index contributed by atoms with van der Waals surface area (Å²) in [5, 5.41) is 0. The highest BCUT2D eigenvalue weighted by atomic mass is 16.5. The summed E-state index contributed by atoms with van der Waals surface area (Å²) in [5.41, 5.74) is 2.68. The van der Waals surface area contributed by atoms with Crippen LogP contribution in [0.4, 0.5) is 0 Å². The zero-order valence-corrected chi connectivity index (χ0v) is 18.0. The molecule has 30 heavy (non-hydrogen) atoms. The highest BCUT2D eigenvalue weighted by molar-refractivity contribution is 5.17. The lowest BCUT2D eigenvalue weighted by Crippen LogP contribution is -2.31. The van der Waals surface area contributed by atoms with E-state index < -0.39 is 0 Å². The summed E-state index contributed by atoms with van der Waals surface area (Å²) >= 11 is 0. The van der Waals surface area contributed by atoms with Crippen molar-refractivity contribution in [2.24, 2.45) is 0 Å². The van der Waals surface area contributed by atoms with E-state index in [2.05, 4.69) is 72.1 Å². The first kappa shape index (κ1) is 22.5. The van der Waals surface area contributed by atoms with Gasteiger partial charge in [-0.2, -0.15) is 0 Å². The normalized spacial score (nSPS) is 19.0. The van der Waals surface area contributed by atoms with Crippen LogP contribution in [0.15, 0.2) is 73.5 Å². The number of ether oxygens (including phenoxy) is 3. The Morgan fingerprint density at radius 1 is 0.733 bits per heavy atom. The molecule has 0 bridgehead atoms. The number of nitrogens with zero attached hydrogens (tertiary/aromatic N) is 1. The third kappa shape index (κ3) is 8.31. The van der Waals surface area contributed by atoms with Crippen molar-refractivity contribution in [3.63, 3.8) is 0 Å². The van der Waals surface area contributed by atoms with E-state index in [0.29, 0.717) is 25.4 Å². The van der Waals surface area contributed by atoms with Gasteiger partial charge in [0.05, 0.1) is 31.7 Å². The molecule has 1 saturated carbocycles. The molecule has 1 fully saturated rings. The lowest BCUT2D eigenvalue weighted by molar-refractivity contribution is -0.0430. The maximum Gasteiger partial charge on any atom is 0.111 e. The Morgan fingerprint density at radius 3 is 1.73 bits per heavy atom. The Balaban J connectivity index is 1.40. The van der Waals surface area contributed by atoms with E-state index >= 15 is 0 Å². The minimum Gasteiger partial charge on any atom is -0.499 e. The maximum atomic E-state index is 6.25. The summed E-state index contributed by atoms with van der Waals surface area (Å²) in [6.45, 7) is 8.33. The van der Waals surface area contributed by atoms with Gasteiger partial charge in [0, 0.05) is 19.6 Å². The Labute approximate surface area is 181 Å². The van der Waals surface area contributed by atoms with Gasteiger partial charge in [-0.1, -0.05) is 67.2 Å². The lowest BCUT2D eigenvalue weighted by atomic mass is 9.95. The van der Waals surface area contributed by atoms with Crippen molar-refractivity contribution in [1.82, 2.24) is 4.90 Å². The van der Waals surface area contributed by atoms with Crippen LogP contribution in [0.2, 0.25) is 0 Å². The molecule has 4 heteroatoms. The number of hydrogen-bond donors (Lipinski definition) is 0. The van der Waals surface area contributed by atoms with Crippen molar-refractivity contribution >= 4 is 0 Å². The summed E-state index contributed by atoms with van der Waals surface area (Å²) in [6, 6.07) is 21.3. The van der Waals surface area contributed by atoms with Crippen molar-refractivity contribution in [3.05, 3.63) is 84.6 Å². The number of hydrogen-bond acceptors (Lipinski definition) is 4. The van der Waals surface area contributed by atoms with Crippen LogP contribution in [-0.2, 0) is 27.3 Å². The highest BCUT2D eigenvalue weighted by Gasteiger charge is 2.22. The van der Waals surface area contributed by atoms with Gasteiger partial charge in [-0.25, -0.2) is 0 Å². The Morgan fingerprint density at radius 2 is 1.23 bits per heavy atom. The van der Waals surface area contributed by atoms with E-state index in [9.17, 15) is 0 Å². The summed E-state index contributed by atoms with van der Waals surface area (Å²) in [5.74, 6) is 0. The Hall–Kier alpha value is -2.14. The second kappa shape index (κ2) is 13.2. The van der Waals surface area contributed by atoms with Crippen molar-refractivity contribution < 1.29 is 14.2 Å². The molecular formula is C26H35NO3. The summed E-state index contributed by atoms with van der Waals surface area (Å²) in [6.07, 6.45) is 6.44. The van der Waals surface area contributed by atoms with E-state index in [1.807, 2.05) is 0 Å². The lowest BCUT2D eigenvalue weighted by Gasteiger charge is -2.29. The van der Waals surface area contributed by atoms with E-state index in [4.69, 9.17) is 14.2 Å². The van der Waals surface area contributed by atoms with Crippen molar-refractivity contribution in [2.75, 3.05) is 26.4 Å². The summed E-state index contributed by atoms with van der Waals surface area (Å²) in [4.78, 5) is 2.47. The molecule has 3 rings (SSSR count). The zero-order chi connectivity index (χ0) is 20.9. The van der Waals surface area contributed by atoms with Crippen LogP contribution in [0.1, 0.15) is 36.8 Å². The van der Waals surface area contributed by atoms with Gasteiger partial charge in [0.2, 0.25) is 0 Å². The summed E-state index contributed by atoms with van der Waals surface area (Å²) < 4.78 is 17.2. The van der Waals surface area contributed by atoms with E-state index in [1.165, 1.54) is 17.4 Å². The molecule has 0 unspecified atom stereocenters. The first-order chi connectivity index (χ1) is 14.8. The molecule has 0 aromatic heterocycles. The molecule has 0 atom stereocenters. The fourth-order valence-electron chi connectivity index (χ4n) is 3.96. The molecule has 0 heterocycles. The minimum atomic E-state index is 0.339. The third-order valence-electron chi connectivity index (χ3n) is 5.55. The first-order valence-corrected chi connectivity index (χ1v) is 11.1. The molecule has 0 saturated heterocycles. The van der Waals surface area contributed by atoms with Crippen LogP contribution < -0.4 is 0 Å². The van der Waals surface area contributed by atoms with Gasteiger partial charge in [0.15, 0.2) is 0 Å². The van der Waals surface area contributed by atoms with Crippen molar-refractivity contribution in [2.45, 2.75) is 51.0 Å². The van der Waals surface area contributed by atoms with E-state index in [1.54, 1.807) is 0 Å². The van der Waals surface area contributed by atoms with Gasteiger partial charge in [0.25, 0.3) is 0 Å². The van der Waals surface area contributed by atoms with Crippen LogP contribution >= 0.6 is 0 Å². The van der Waals surface area contributed by atoms with Crippen LogP contribution in [0.5, 0.6) is 0 Å². The number of benzene rings is 2. The topological polar surface area (TPSA) is 30.9 Å². The second-order valence-corrected chi connectivity index (χ2v) is 7.86. The molecule has 4 nitrogen and oxygen atoms in total. The quantitative estimate of drug-likeness (QED) is 0.336. The standard InChI is InChI=1S/C26H35NO3/c1-2-28-19-20-30-26-15-13-25(14-16-26)29-18-17-27(21-23-9-5-3-6-10-23)22-24-11-7-4-8-12-24/h2-12,25-26H,1,13-22H2. The molecule has 2 aromatic carbocycles. The second-order valence-electron chi connectivity index (χ2n) is 7.86. The van der Waals surface area contributed by atoms with Crippen molar-refractivity contribution in [3.8, 4) is 0 Å². The SMILES string of the molecule is C=COCCOC1CCC(OCCN(Cc2ccccc2)Cc2ccccc2)CC1. The molecule has 1 aliphatic carbocycles. The van der Waals surface area contributed by atoms with Gasteiger partial charge in [-0.3, -0.25) is 4.90 Å². The Kier molecular flexibility index (Phi) is 9.93. The van der Waals surface area contributed by atoms with Gasteiger partial charge in [-0.15, -0.1) is 0 Å². The molecule has 2 aromatic rings. The smallest absolute Gasteiger partial charge is 0.111 e. The van der Waals surface area contributed by atoms with Crippen LogP contribution in [0, 0.1) is 0 Å². The summed E-state index contributed by atoms with van der Waals surface area (Å²) in [7, 11) is 0. The molecular weight excluding hydrogens is 374 g/mol. The molecule has 162 valence electrons. The largest absolute Gasteiger partial charge is 0.499 e. The van der Waals surface area contributed by atoms with E-state index in [-0.39, 0.29) is 0 Å². The van der Waals surface area contributed by atoms with Gasteiger partial charge in [0.1, 0.15) is 6.61 Å². The average Bonchev–Trinajstić information content (AvgIpc) is 2.79. The molecule has 0 aliphatic heterocycles. The zero-order valence-electron chi connectivity index (χ0n) is 18.0. The minimum absolute atomic E-state index is 0.339. The van der Waals surface area contributed by atoms with Gasteiger partial charge < -0.3 is 14.2 Å². The highest BCUT2D eigenvalue weighted by Crippen LogP contribution is 2.23. The van der Waals surface area contributed by atoms with Crippen LogP contribution in [0.3, 0.4) is 0 Å². The maximum absolute atomic E-state index is 6.25. The van der Waals surface area contributed by atoms with Gasteiger partial charge >= 0.3 is 0 Å². The fraction of sp³-hybridized carbons (Fsp3) is 0.462. The molecule has 0 radical (unpaired) electrons. The number of rotatable bonds is 13. The molecule has 1 aliphatic rings. The molecule has 0 spiro atoms. The van der Waals surface area contributed by atoms with Crippen LogP contribution in [-0.4, -0.2) is 43.5 Å². The van der Waals surface area contributed by atoms with E-state index in [0.717, 1.165) is 51.9 Å². The molecule has 0 amide bonds. The third-order valence-corrected chi connectivity index (χ3v) is 5.55. The van der Waals surface area contributed by atoms with Gasteiger partial charge in [-0.05, 0) is 36.8 Å². The first-order valence-electron chi connectivity index (χ1n) is 11.1. The monoisotopic (exact) mass is 409 g/mol. The molecule has 0 N–H and O–H groups in total. The Bertz CT molecular complexity index is 657. The van der Waals surface area contributed by atoms with Crippen LogP contribution in [0.25, 0.3) is 0 Å². The average molecular weight is 410 g/mol. The van der Waals surface area contributed by atoms with Crippen molar-refractivity contribution in [1.29, 1.82) is 0 Å².